The summed E-state index contributed by atoms with van der Waals surface area (Å²) in [6, 6.07) is 7.84. The molecule has 7 N–H and O–H groups in total. The van der Waals surface area contributed by atoms with Gasteiger partial charge in [-0.1, -0.05) is 0 Å². The number of rotatable bonds is 11. The van der Waals surface area contributed by atoms with Crippen molar-refractivity contribution in [2.24, 2.45) is 4.99 Å². The zero-order valence-electron chi connectivity index (χ0n) is 24.5. The van der Waals surface area contributed by atoms with E-state index < -0.39 is 37.0 Å². The summed E-state index contributed by atoms with van der Waals surface area (Å²) in [4.78, 5) is 19.6. The van der Waals surface area contributed by atoms with Crippen molar-refractivity contribution in [1.82, 2.24) is 4.98 Å². The lowest BCUT2D eigenvalue weighted by Gasteiger charge is -2.37. The van der Waals surface area contributed by atoms with Crippen molar-refractivity contribution in [1.29, 1.82) is 0 Å². The summed E-state index contributed by atoms with van der Waals surface area (Å²) in [5, 5.41) is 62.1. The normalized spacial score (nSPS) is 21.8. The van der Waals surface area contributed by atoms with Crippen molar-refractivity contribution < 1.29 is 59.5 Å². The van der Waals surface area contributed by atoms with Crippen LogP contribution in [0, 0.1) is 0 Å². The van der Waals surface area contributed by atoms with Crippen LogP contribution < -0.4 is 18.9 Å². The molecule has 1 fully saturated rings. The van der Waals surface area contributed by atoms with E-state index in [0.717, 1.165) is 35.2 Å². The molecule has 2 heterocycles. The van der Waals surface area contributed by atoms with Crippen molar-refractivity contribution in [3.8, 4) is 23.3 Å². The van der Waals surface area contributed by atoms with Crippen molar-refractivity contribution in [2.75, 3.05) is 34.5 Å². The van der Waals surface area contributed by atoms with E-state index in [0.29, 0.717) is 36.3 Å². The van der Waals surface area contributed by atoms with Crippen LogP contribution in [-0.4, -0.2) is 124 Å². The Kier molecular flexibility index (Phi) is 12.1. The van der Waals surface area contributed by atoms with Gasteiger partial charge in [-0.25, -0.2) is 4.79 Å². The van der Waals surface area contributed by atoms with E-state index in [4.69, 9.17) is 54.6 Å². The molecule has 14 nitrogen and oxygen atoms in total. The average molecular weight is 609 g/mol. The quantitative estimate of drug-likeness (QED) is 0.177. The van der Waals surface area contributed by atoms with Crippen LogP contribution in [0.4, 0.5) is 0 Å². The van der Waals surface area contributed by atoms with Crippen LogP contribution in [0.25, 0.3) is 0 Å². The first-order valence-corrected chi connectivity index (χ1v) is 13.8. The van der Waals surface area contributed by atoms with Gasteiger partial charge in [0.25, 0.3) is 0 Å². The third kappa shape index (κ3) is 7.71. The lowest BCUT2D eigenvalue weighted by Crippen LogP contribution is -2.48. The molecule has 7 atom stereocenters. The number of carboxylic acids is 1. The smallest absolute Gasteiger partial charge is 0.335 e. The van der Waals surface area contributed by atoms with Crippen LogP contribution in [0.2, 0.25) is 0 Å². The molecule has 0 saturated heterocycles. The molecule has 43 heavy (non-hydrogen) atoms. The molecule has 1 aromatic carbocycles. The number of hydrogen-bond acceptors (Lipinski definition) is 13. The maximum absolute atomic E-state index is 10.3. The van der Waals surface area contributed by atoms with Gasteiger partial charge in [0.15, 0.2) is 17.6 Å². The molecule has 1 saturated carbocycles. The second-order valence-corrected chi connectivity index (χ2v) is 10.1. The van der Waals surface area contributed by atoms with Crippen LogP contribution in [0.15, 0.2) is 29.3 Å². The first-order chi connectivity index (χ1) is 20.5. The number of aliphatic hydroxyl groups excluding tert-OH is 6. The fourth-order valence-corrected chi connectivity index (χ4v) is 5.13. The van der Waals surface area contributed by atoms with Crippen molar-refractivity contribution >= 4 is 11.7 Å². The number of carbonyl (C=O) groups is 1. The van der Waals surface area contributed by atoms with Gasteiger partial charge >= 0.3 is 5.97 Å². The highest BCUT2D eigenvalue weighted by Crippen LogP contribution is 2.45. The monoisotopic (exact) mass is 608 g/mol. The van der Waals surface area contributed by atoms with E-state index in [1.807, 2.05) is 31.2 Å². The number of aliphatic hydroxyl groups is 6. The maximum atomic E-state index is 10.3. The molecular weight excluding hydrogens is 568 g/mol. The summed E-state index contributed by atoms with van der Waals surface area (Å²) >= 11 is 0. The van der Waals surface area contributed by atoms with Crippen LogP contribution >= 0.6 is 0 Å². The number of pyridine rings is 1. The molecule has 1 aromatic heterocycles. The molecule has 0 spiro atoms. The Balaban J connectivity index is 0.000000331. The van der Waals surface area contributed by atoms with Crippen molar-refractivity contribution in [2.45, 2.75) is 68.7 Å². The van der Waals surface area contributed by atoms with Gasteiger partial charge in [0, 0.05) is 17.5 Å². The van der Waals surface area contributed by atoms with Crippen LogP contribution in [-0.2, 0) is 4.79 Å². The Hall–Kier alpha value is -3.53. The summed E-state index contributed by atoms with van der Waals surface area (Å²) in [5.41, 5.74) is 3.69. The van der Waals surface area contributed by atoms with E-state index >= 15 is 0 Å². The van der Waals surface area contributed by atoms with E-state index in [1.165, 1.54) is 0 Å². The Labute approximate surface area is 248 Å². The molecule has 14 heteroatoms. The average Bonchev–Trinajstić information content (AvgIpc) is 3.02. The molecule has 0 bridgehead atoms. The van der Waals surface area contributed by atoms with E-state index in [1.54, 1.807) is 21.3 Å². The summed E-state index contributed by atoms with van der Waals surface area (Å²) in [6.07, 6.45) is -5.89. The molecule has 0 amide bonds. The second-order valence-electron chi connectivity index (χ2n) is 10.1. The van der Waals surface area contributed by atoms with Crippen LogP contribution in [0.5, 0.6) is 23.3 Å². The number of ether oxygens (including phenoxy) is 4. The minimum atomic E-state index is -2.20. The highest BCUT2D eigenvalue weighted by atomic mass is 16.5. The highest BCUT2D eigenvalue weighted by Gasteiger charge is 2.38. The van der Waals surface area contributed by atoms with Gasteiger partial charge in [0.2, 0.25) is 11.8 Å². The molecule has 0 radical (unpaired) electrons. The third-order valence-corrected chi connectivity index (χ3v) is 7.37. The Morgan fingerprint density at radius 1 is 0.977 bits per heavy atom. The first-order valence-electron chi connectivity index (χ1n) is 13.8. The number of aliphatic carboxylic acids is 1. The molecule has 1 aliphatic heterocycles. The summed E-state index contributed by atoms with van der Waals surface area (Å²) in [5.74, 6) is 0.708. The Morgan fingerprint density at radius 2 is 1.70 bits per heavy atom. The zero-order valence-corrected chi connectivity index (χ0v) is 24.5. The van der Waals surface area contributed by atoms with Crippen molar-refractivity contribution in [3.05, 3.63) is 41.0 Å². The molecule has 0 unspecified atom stereocenters. The summed E-state index contributed by atoms with van der Waals surface area (Å²) in [7, 11) is 4.80. The standard InChI is InChI=1S/C23H28N2O5.C6H12O7/c1-5-30-20-11-15-16-10-13(26)6-8-18(16)24-22(17(15)12-19(20)27-2)14-7-9-21(28-3)25-23(14)29-4;7-1-2(8)3(9)4(10)5(11)6(12)13/h7,9,11-13,16,18,26H,5-6,8,10H2,1-4H3;2-5,7-11H,1H2,(H,12,13)/t13-,16-,18-;2-,3-,4+,5-/m11/s1. The number of nitrogens with zero attached hydrogens (tertiary/aromatic N) is 2. The van der Waals surface area contributed by atoms with Gasteiger partial charge in [-0.2, -0.15) is 4.98 Å². The summed E-state index contributed by atoms with van der Waals surface area (Å²) < 4.78 is 22.2. The predicted octanol–water partition coefficient (Wildman–Crippen LogP) is -0.139. The predicted molar refractivity (Wildman–Crippen MR) is 152 cm³/mol. The number of methoxy groups -OCH3 is 3. The number of fused-ring (bicyclic) bond motifs is 3. The number of aromatic nitrogens is 1. The van der Waals surface area contributed by atoms with Gasteiger partial charge in [-0.05, 0) is 49.9 Å². The number of carboxylic acid groups (broad SMARTS) is 1. The number of benzene rings is 1. The van der Waals surface area contributed by atoms with E-state index in [9.17, 15) is 9.90 Å². The maximum Gasteiger partial charge on any atom is 0.335 e. The zero-order chi connectivity index (χ0) is 31.8. The second kappa shape index (κ2) is 15.3. The van der Waals surface area contributed by atoms with Crippen molar-refractivity contribution in [3.63, 3.8) is 0 Å². The van der Waals surface area contributed by atoms with Crippen LogP contribution in [0.3, 0.4) is 0 Å². The number of hydrogen-bond donors (Lipinski definition) is 7. The van der Waals surface area contributed by atoms with E-state index in [2.05, 4.69) is 4.98 Å². The molecule has 1 aliphatic carbocycles. The van der Waals surface area contributed by atoms with E-state index in [-0.39, 0.29) is 18.1 Å². The molecule has 2 aliphatic rings. The SMILES string of the molecule is CCOc1cc2c(cc1OC)C(c1ccc(OC)nc1OC)=N[C@@H]1CC[C@@H](O)C[C@H]21.O=C(O)[C@H](O)[C@@H](O)[C@H](O)[C@H](O)CO. The Morgan fingerprint density at radius 3 is 2.28 bits per heavy atom. The fraction of sp³-hybridized carbons (Fsp3) is 0.552. The lowest BCUT2D eigenvalue weighted by molar-refractivity contribution is -0.164. The topological polar surface area (TPSA) is 221 Å². The Bertz CT molecular complexity index is 1270. The highest BCUT2D eigenvalue weighted by molar-refractivity contribution is 6.16. The van der Waals surface area contributed by atoms with Gasteiger partial charge < -0.3 is 54.7 Å². The summed E-state index contributed by atoms with van der Waals surface area (Å²) in [6.45, 7) is 1.65. The third-order valence-electron chi connectivity index (χ3n) is 7.37. The minimum Gasteiger partial charge on any atom is -0.493 e. The van der Waals surface area contributed by atoms with Gasteiger partial charge in [0.1, 0.15) is 18.3 Å². The van der Waals surface area contributed by atoms with Gasteiger partial charge in [-0.3, -0.25) is 4.99 Å². The largest absolute Gasteiger partial charge is 0.493 e. The number of aliphatic imine (C=N–C) groups is 1. The molecule has 238 valence electrons. The fourth-order valence-electron chi connectivity index (χ4n) is 5.13. The molecular formula is C29H40N2O12. The lowest BCUT2D eigenvalue weighted by atomic mass is 9.74. The molecule has 2 aromatic rings. The minimum absolute atomic E-state index is 0.0885. The first kappa shape index (κ1) is 34.0. The van der Waals surface area contributed by atoms with Crippen LogP contribution in [0.1, 0.15) is 48.8 Å². The molecule has 4 rings (SSSR count). The van der Waals surface area contributed by atoms with Gasteiger partial charge in [0.05, 0.1) is 58.0 Å². The van der Waals surface area contributed by atoms with Gasteiger partial charge in [-0.15, -0.1) is 0 Å².